The van der Waals surface area contributed by atoms with Gasteiger partial charge in [0.25, 0.3) is 16.8 Å². The van der Waals surface area contributed by atoms with Crippen LogP contribution in [0.2, 0.25) is 0 Å². The number of carbonyl (C=O) groups excluding carboxylic acids is 3. The molecular formula is C25H17FN2O7S. The number of rotatable bonds is 7. The van der Waals surface area contributed by atoms with Crippen LogP contribution in [-0.2, 0) is 11.3 Å². The Morgan fingerprint density at radius 1 is 1.06 bits per heavy atom. The van der Waals surface area contributed by atoms with E-state index < -0.39 is 27.9 Å². The number of imide groups is 1. The zero-order valence-corrected chi connectivity index (χ0v) is 19.5. The van der Waals surface area contributed by atoms with Gasteiger partial charge in [-0.05, 0) is 65.4 Å². The smallest absolute Gasteiger partial charge is 0.343 e. The van der Waals surface area contributed by atoms with Gasteiger partial charge in [-0.3, -0.25) is 24.6 Å². The van der Waals surface area contributed by atoms with Crippen LogP contribution in [0.25, 0.3) is 6.08 Å². The number of ether oxygens (including phenoxy) is 2. The number of nitro groups is 1. The van der Waals surface area contributed by atoms with E-state index in [4.69, 9.17) is 9.47 Å². The second kappa shape index (κ2) is 10.4. The number of benzene rings is 3. The molecule has 1 aliphatic heterocycles. The van der Waals surface area contributed by atoms with Gasteiger partial charge in [-0.25, -0.2) is 9.18 Å². The number of non-ortho nitro benzene ring substituents is 1. The Hall–Kier alpha value is -4.51. The summed E-state index contributed by atoms with van der Waals surface area (Å²) in [5, 5.41) is 10.3. The third-order valence-electron chi connectivity index (χ3n) is 5.13. The monoisotopic (exact) mass is 508 g/mol. The number of hydrogen-bond donors (Lipinski definition) is 0. The van der Waals surface area contributed by atoms with E-state index in [1.54, 1.807) is 6.07 Å². The Morgan fingerprint density at radius 2 is 1.75 bits per heavy atom. The molecule has 0 aliphatic carbocycles. The van der Waals surface area contributed by atoms with Crippen molar-refractivity contribution in [2.45, 2.75) is 6.54 Å². The highest BCUT2D eigenvalue weighted by Gasteiger charge is 2.35. The number of methoxy groups -OCH3 is 1. The van der Waals surface area contributed by atoms with Crippen molar-refractivity contribution in [2.24, 2.45) is 0 Å². The topological polar surface area (TPSA) is 116 Å². The minimum atomic E-state index is -0.701. The lowest BCUT2D eigenvalue weighted by atomic mass is 10.1. The maximum atomic E-state index is 13.1. The summed E-state index contributed by atoms with van der Waals surface area (Å²) in [6, 6.07) is 15.1. The standard InChI is InChI=1S/C25H17FN2O7S/c1-34-21-12-16(4-11-20(21)35-24(30)17-5-7-18(26)8-6-17)13-22-23(29)27(25(31)36-22)14-15-2-9-19(10-3-15)28(32)33/h2-13H,14H2,1H3/b22-13-. The third-order valence-corrected chi connectivity index (χ3v) is 6.04. The Balaban J connectivity index is 1.49. The molecule has 1 heterocycles. The molecule has 0 saturated carbocycles. The van der Waals surface area contributed by atoms with E-state index in [1.165, 1.54) is 61.7 Å². The highest BCUT2D eigenvalue weighted by Crippen LogP contribution is 2.35. The van der Waals surface area contributed by atoms with E-state index in [-0.39, 0.29) is 34.2 Å². The zero-order chi connectivity index (χ0) is 25.8. The SMILES string of the molecule is COc1cc(/C=C2\SC(=O)N(Cc3ccc([N+](=O)[O-])cc3)C2=O)ccc1OC(=O)c1ccc(F)cc1. The predicted molar refractivity (Wildman–Crippen MR) is 129 cm³/mol. The number of halogens is 1. The largest absolute Gasteiger partial charge is 0.493 e. The van der Waals surface area contributed by atoms with Crippen LogP contribution in [0.15, 0.2) is 71.6 Å². The number of hydrogen-bond acceptors (Lipinski definition) is 8. The summed E-state index contributed by atoms with van der Waals surface area (Å²) in [4.78, 5) is 49.1. The molecule has 0 spiro atoms. The van der Waals surface area contributed by atoms with Gasteiger partial charge in [-0.2, -0.15) is 0 Å². The van der Waals surface area contributed by atoms with E-state index in [0.29, 0.717) is 11.1 Å². The normalized spacial score (nSPS) is 14.3. The van der Waals surface area contributed by atoms with Gasteiger partial charge in [-0.15, -0.1) is 0 Å². The molecule has 0 aromatic heterocycles. The maximum absolute atomic E-state index is 13.1. The summed E-state index contributed by atoms with van der Waals surface area (Å²) in [7, 11) is 1.38. The second-order valence-electron chi connectivity index (χ2n) is 7.50. The average Bonchev–Trinajstić information content (AvgIpc) is 3.12. The summed E-state index contributed by atoms with van der Waals surface area (Å²) in [6.45, 7) is -0.0262. The van der Waals surface area contributed by atoms with Crippen LogP contribution in [-0.4, -0.2) is 34.0 Å². The van der Waals surface area contributed by atoms with Gasteiger partial charge in [0, 0.05) is 12.1 Å². The summed E-state index contributed by atoms with van der Waals surface area (Å²) >= 11 is 0.764. The number of thioether (sulfide) groups is 1. The molecule has 1 fully saturated rings. The van der Waals surface area contributed by atoms with Crippen LogP contribution < -0.4 is 9.47 Å². The van der Waals surface area contributed by atoms with Gasteiger partial charge in [0.15, 0.2) is 11.5 Å². The van der Waals surface area contributed by atoms with Crippen LogP contribution in [0.3, 0.4) is 0 Å². The number of carbonyl (C=O) groups is 3. The molecule has 4 rings (SSSR count). The number of nitrogens with zero attached hydrogens (tertiary/aromatic N) is 2. The van der Waals surface area contributed by atoms with Gasteiger partial charge < -0.3 is 9.47 Å². The molecule has 1 aliphatic rings. The minimum absolute atomic E-state index is 0.0262. The van der Waals surface area contributed by atoms with Crippen molar-refractivity contribution in [1.82, 2.24) is 4.90 Å². The second-order valence-corrected chi connectivity index (χ2v) is 8.49. The molecule has 3 aromatic rings. The fourth-order valence-corrected chi connectivity index (χ4v) is 4.13. The number of amides is 2. The van der Waals surface area contributed by atoms with Crippen LogP contribution in [0.1, 0.15) is 21.5 Å². The zero-order valence-electron chi connectivity index (χ0n) is 18.7. The number of nitro benzene ring substituents is 1. The van der Waals surface area contributed by atoms with Crippen molar-refractivity contribution < 1.29 is 33.2 Å². The van der Waals surface area contributed by atoms with Crippen LogP contribution in [0.4, 0.5) is 14.9 Å². The molecule has 36 heavy (non-hydrogen) atoms. The van der Waals surface area contributed by atoms with Crippen molar-refractivity contribution in [1.29, 1.82) is 0 Å². The Labute approximate surface area is 208 Å². The van der Waals surface area contributed by atoms with E-state index in [0.717, 1.165) is 28.8 Å². The fraction of sp³-hybridized carbons (Fsp3) is 0.0800. The molecule has 9 nitrogen and oxygen atoms in total. The van der Waals surface area contributed by atoms with Gasteiger partial charge in [-0.1, -0.05) is 18.2 Å². The summed E-state index contributed by atoms with van der Waals surface area (Å²) in [6.07, 6.45) is 1.51. The molecule has 0 radical (unpaired) electrons. The van der Waals surface area contributed by atoms with Crippen molar-refractivity contribution in [2.75, 3.05) is 7.11 Å². The van der Waals surface area contributed by atoms with Crippen molar-refractivity contribution in [3.63, 3.8) is 0 Å². The first kappa shape index (κ1) is 24.6. The first-order chi connectivity index (χ1) is 17.2. The molecule has 11 heteroatoms. The molecule has 0 N–H and O–H groups in total. The Bertz CT molecular complexity index is 1390. The van der Waals surface area contributed by atoms with Crippen LogP contribution in [0.5, 0.6) is 11.5 Å². The third kappa shape index (κ3) is 5.41. The lowest BCUT2D eigenvalue weighted by molar-refractivity contribution is -0.384. The first-order valence-electron chi connectivity index (χ1n) is 10.4. The Morgan fingerprint density at radius 3 is 2.39 bits per heavy atom. The summed E-state index contributed by atoms with van der Waals surface area (Å²) < 4.78 is 23.7. The van der Waals surface area contributed by atoms with E-state index in [1.807, 2.05) is 0 Å². The molecule has 182 valence electrons. The molecule has 1 saturated heterocycles. The molecule has 0 bridgehead atoms. The summed E-state index contributed by atoms with van der Waals surface area (Å²) in [5.41, 5.74) is 1.16. The predicted octanol–water partition coefficient (Wildman–Crippen LogP) is 5.20. The van der Waals surface area contributed by atoms with Gasteiger partial charge in [0.1, 0.15) is 5.82 Å². The van der Waals surface area contributed by atoms with E-state index in [2.05, 4.69) is 0 Å². The van der Waals surface area contributed by atoms with Crippen LogP contribution in [0, 0.1) is 15.9 Å². The molecule has 0 atom stereocenters. The summed E-state index contributed by atoms with van der Waals surface area (Å²) in [5.74, 6) is -1.35. The van der Waals surface area contributed by atoms with Gasteiger partial charge >= 0.3 is 5.97 Å². The minimum Gasteiger partial charge on any atom is -0.493 e. The number of esters is 1. The fourth-order valence-electron chi connectivity index (χ4n) is 3.30. The molecule has 0 unspecified atom stereocenters. The van der Waals surface area contributed by atoms with Gasteiger partial charge in [0.2, 0.25) is 0 Å². The highest BCUT2D eigenvalue weighted by atomic mass is 32.2. The van der Waals surface area contributed by atoms with Crippen LogP contribution >= 0.6 is 11.8 Å². The van der Waals surface area contributed by atoms with Crippen molar-refractivity contribution >= 4 is 40.6 Å². The molecular weight excluding hydrogens is 491 g/mol. The highest BCUT2D eigenvalue weighted by molar-refractivity contribution is 8.18. The van der Waals surface area contributed by atoms with E-state index >= 15 is 0 Å². The van der Waals surface area contributed by atoms with Gasteiger partial charge in [0.05, 0.1) is 29.0 Å². The lowest BCUT2D eigenvalue weighted by Gasteiger charge is -2.12. The van der Waals surface area contributed by atoms with E-state index in [9.17, 15) is 28.9 Å². The molecule has 3 aromatic carbocycles. The first-order valence-corrected chi connectivity index (χ1v) is 11.2. The van der Waals surface area contributed by atoms with Crippen molar-refractivity contribution in [3.8, 4) is 11.5 Å². The van der Waals surface area contributed by atoms with Crippen molar-refractivity contribution in [3.05, 3.63) is 104 Å². The maximum Gasteiger partial charge on any atom is 0.343 e. The quantitative estimate of drug-likeness (QED) is 0.141. The molecule has 2 amide bonds. The lowest BCUT2D eigenvalue weighted by Crippen LogP contribution is -2.27. The Kier molecular flexibility index (Phi) is 7.11. The average molecular weight is 508 g/mol.